The Hall–Kier alpha value is -1.21. The number of hydrogen-bond acceptors (Lipinski definition) is 2. The number of ketones is 1. The number of carbonyl (C=O) groups excluding carboxylic acids is 1. The molecule has 0 aliphatic carbocycles. The fraction of sp³-hybridized carbons (Fsp3) is 0.111. The van der Waals surface area contributed by atoms with Gasteiger partial charge in [0.2, 0.25) is 0 Å². The lowest BCUT2D eigenvalue weighted by molar-refractivity contribution is 0.101. The Kier molecular flexibility index (Phi) is 2.79. The van der Waals surface area contributed by atoms with Gasteiger partial charge in [-0.15, -0.1) is 0 Å². The van der Waals surface area contributed by atoms with Crippen LogP contribution in [0.5, 0.6) is 0 Å². The highest BCUT2D eigenvalue weighted by atomic mass is 79.9. The molecule has 4 heteroatoms. The minimum absolute atomic E-state index is 0.0640. The van der Waals surface area contributed by atoms with Crippen LogP contribution in [0.2, 0.25) is 0 Å². The van der Waals surface area contributed by atoms with Gasteiger partial charge in [-0.05, 0) is 35.0 Å². The molecule has 0 saturated heterocycles. The van der Waals surface area contributed by atoms with E-state index in [1.54, 1.807) is 0 Å². The monoisotopic (exact) mass is 241 g/mol. The third-order valence-electron chi connectivity index (χ3n) is 1.54. The van der Waals surface area contributed by atoms with Crippen molar-refractivity contribution >= 4 is 21.7 Å². The van der Waals surface area contributed by atoms with Crippen LogP contribution in [0, 0.1) is 17.1 Å². The van der Waals surface area contributed by atoms with Crippen LogP contribution in [-0.4, -0.2) is 5.78 Å². The van der Waals surface area contributed by atoms with Crippen molar-refractivity contribution in [2.45, 2.75) is 6.92 Å². The molecule has 1 aromatic rings. The molecule has 0 aliphatic rings. The van der Waals surface area contributed by atoms with E-state index in [1.807, 2.05) is 6.07 Å². The number of Topliss-reactive ketones (excluding diaryl/α,β-unsaturated/α-hetero) is 1. The molecular formula is C9H5BrFNO. The van der Waals surface area contributed by atoms with Gasteiger partial charge in [0.15, 0.2) is 5.78 Å². The average Bonchev–Trinajstić information content (AvgIpc) is 2.09. The first-order chi connectivity index (χ1) is 6.06. The molecule has 1 rings (SSSR count). The Labute approximate surface area is 83.1 Å². The lowest BCUT2D eigenvalue weighted by Gasteiger charge is -2.01. The molecule has 1 aromatic carbocycles. The second-order valence-corrected chi connectivity index (χ2v) is 3.34. The van der Waals surface area contributed by atoms with Gasteiger partial charge in [0, 0.05) is 0 Å². The molecule has 13 heavy (non-hydrogen) atoms. The minimum Gasteiger partial charge on any atom is -0.294 e. The zero-order valence-corrected chi connectivity index (χ0v) is 8.35. The molecule has 66 valence electrons. The number of nitriles is 1. The lowest BCUT2D eigenvalue weighted by atomic mass is 10.1. The number of nitrogens with zero attached hydrogens (tertiary/aromatic N) is 1. The maximum absolute atomic E-state index is 13.2. The summed E-state index contributed by atoms with van der Waals surface area (Å²) < 4.78 is 13.3. The Morgan fingerprint density at radius 3 is 2.69 bits per heavy atom. The van der Waals surface area contributed by atoms with Gasteiger partial charge < -0.3 is 0 Å². The second-order valence-electron chi connectivity index (χ2n) is 2.49. The smallest absolute Gasteiger partial charge is 0.162 e. The first-order valence-electron chi connectivity index (χ1n) is 3.46. The van der Waals surface area contributed by atoms with Crippen molar-refractivity contribution in [1.29, 1.82) is 5.26 Å². The largest absolute Gasteiger partial charge is 0.294 e. The molecule has 0 N–H and O–H groups in total. The molecule has 0 radical (unpaired) electrons. The third kappa shape index (κ3) is 1.93. The highest BCUT2D eigenvalue weighted by Crippen LogP contribution is 2.21. The Morgan fingerprint density at radius 1 is 1.62 bits per heavy atom. The second kappa shape index (κ2) is 3.67. The van der Waals surface area contributed by atoms with Crippen LogP contribution in [-0.2, 0) is 0 Å². The van der Waals surface area contributed by atoms with Crippen LogP contribution in [0.3, 0.4) is 0 Å². The molecule has 0 aliphatic heterocycles. The van der Waals surface area contributed by atoms with E-state index in [1.165, 1.54) is 19.1 Å². The van der Waals surface area contributed by atoms with E-state index in [4.69, 9.17) is 5.26 Å². The molecule has 2 nitrogen and oxygen atoms in total. The van der Waals surface area contributed by atoms with Crippen LogP contribution < -0.4 is 0 Å². The van der Waals surface area contributed by atoms with Crippen molar-refractivity contribution in [2.24, 2.45) is 0 Å². The summed E-state index contributed by atoms with van der Waals surface area (Å²) in [6, 6.07) is 4.42. The van der Waals surface area contributed by atoms with Crippen LogP contribution in [0.25, 0.3) is 0 Å². The van der Waals surface area contributed by atoms with Crippen molar-refractivity contribution < 1.29 is 9.18 Å². The summed E-state index contributed by atoms with van der Waals surface area (Å²) in [7, 11) is 0. The van der Waals surface area contributed by atoms with Crippen molar-refractivity contribution in [3.63, 3.8) is 0 Å². The number of benzene rings is 1. The normalized spacial score (nSPS) is 9.38. The molecule has 0 saturated carbocycles. The van der Waals surface area contributed by atoms with Gasteiger partial charge in [-0.25, -0.2) is 4.39 Å². The van der Waals surface area contributed by atoms with E-state index in [0.29, 0.717) is 0 Å². The lowest BCUT2D eigenvalue weighted by Crippen LogP contribution is -1.98. The van der Waals surface area contributed by atoms with E-state index in [-0.39, 0.29) is 15.6 Å². The quantitative estimate of drug-likeness (QED) is 0.710. The molecule has 0 fully saturated rings. The van der Waals surface area contributed by atoms with Crippen molar-refractivity contribution in [1.82, 2.24) is 0 Å². The summed E-state index contributed by atoms with van der Waals surface area (Å²) in [5.74, 6) is -1.01. The summed E-state index contributed by atoms with van der Waals surface area (Å²) in [4.78, 5) is 10.9. The number of halogens is 2. The van der Waals surface area contributed by atoms with E-state index < -0.39 is 11.6 Å². The number of carbonyl (C=O) groups is 1. The highest BCUT2D eigenvalue weighted by Gasteiger charge is 2.12. The SMILES string of the molecule is CC(=O)c1cc(C#N)cc(Br)c1F. The van der Waals surface area contributed by atoms with Crippen molar-refractivity contribution in [2.75, 3.05) is 0 Å². The van der Waals surface area contributed by atoms with Gasteiger partial charge >= 0.3 is 0 Å². The first-order valence-corrected chi connectivity index (χ1v) is 4.25. The van der Waals surface area contributed by atoms with Gasteiger partial charge in [0.05, 0.1) is 21.7 Å². The summed E-state index contributed by atoms with van der Waals surface area (Å²) in [6.45, 7) is 1.26. The van der Waals surface area contributed by atoms with Crippen LogP contribution in [0.15, 0.2) is 16.6 Å². The molecule has 0 bridgehead atoms. The molecule has 0 unspecified atom stereocenters. The Balaban J connectivity index is 3.44. The summed E-state index contributed by atoms with van der Waals surface area (Å²) in [5.41, 5.74) is 0.199. The first kappa shape index (κ1) is 9.87. The minimum atomic E-state index is -0.619. The van der Waals surface area contributed by atoms with E-state index in [0.717, 1.165) is 0 Å². The summed E-state index contributed by atoms with van der Waals surface area (Å²) >= 11 is 2.93. The maximum atomic E-state index is 13.2. The zero-order chi connectivity index (χ0) is 10.0. The van der Waals surface area contributed by atoms with Crippen LogP contribution in [0.4, 0.5) is 4.39 Å². The molecule has 0 heterocycles. The van der Waals surface area contributed by atoms with E-state index >= 15 is 0 Å². The maximum Gasteiger partial charge on any atom is 0.162 e. The van der Waals surface area contributed by atoms with Crippen LogP contribution >= 0.6 is 15.9 Å². The third-order valence-corrected chi connectivity index (χ3v) is 2.11. The standard InChI is InChI=1S/C9H5BrFNO/c1-5(13)7-2-6(4-12)3-8(10)9(7)11/h2-3H,1H3. The van der Waals surface area contributed by atoms with Crippen molar-refractivity contribution in [3.8, 4) is 6.07 Å². The van der Waals surface area contributed by atoms with E-state index in [9.17, 15) is 9.18 Å². The van der Waals surface area contributed by atoms with Gasteiger partial charge in [0.1, 0.15) is 5.82 Å². The van der Waals surface area contributed by atoms with Crippen molar-refractivity contribution in [3.05, 3.63) is 33.5 Å². The van der Waals surface area contributed by atoms with Gasteiger partial charge in [0.25, 0.3) is 0 Å². The predicted molar refractivity (Wildman–Crippen MR) is 48.8 cm³/mol. The molecule has 0 spiro atoms. The van der Waals surface area contributed by atoms with Gasteiger partial charge in [-0.1, -0.05) is 0 Å². The van der Waals surface area contributed by atoms with E-state index in [2.05, 4.69) is 15.9 Å². The molecule has 0 atom stereocenters. The summed E-state index contributed by atoms with van der Waals surface area (Å²) in [5, 5.41) is 8.55. The highest BCUT2D eigenvalue weighted by molar-refractivity contribution is 9.10. The van der Waals surface area contributed by atoms with Crippen LogP contribution in [0.1, 0.15) is 22.8 Å². The number of hydrogen-bond donors (Lipinski definition) is 0. The fourth-order valence-corrected chi connectivity index (χ4v) is 1.37. The Bertz CT molecular complexity index is 409. The number of rotatable bonds is 1. The topological polar surface area (TPSA) is 40.9 Å². The molecular weight excluding hydrogens is 237 g/mol. The average molecular weight is 242 g/mol. The fourth-order valence-electron chi connectivity index (χ4n) is 0.910. The molecule has 0 aromatic heterocycles. The molecule has 0 amide bonds. The van der Waals surface area contributed by atoms with Gasteiger partial charge in [-0.2, -0.15) is 5.26 Å². The zero-order valence-electron chi connectivity index (χ0n) is 6.77. The summed E-state index contributed by atoms with van der Waals surface area (Å²) in [6.07, 6.45) is 0. The Morgan fingerprint density at radius 2 is 2.23 bits per heavy atom. The predicted octanol–water partition coefficient (Wildman–Crippen LogP) is 2.66. The van der Waals surface area contributed by atoms with Gasteiger partial charge in [-0.3, -0.25) is 4.79 Å².